The SMILES string of the molecule is CN1Cc2c(ccc(N3CCOCC3)c2O)C(c2ccc3[nH]ncc3c2)C1. The van der Waals surface area contributed by atoms with Gasteiger partial charge in [-0.25, -0.2) is 0 Å². The van der Waals surface area contributed by atoms with Gasteiger partial charge >= 0.3 is 0 Å². The summed E-state index contributed by atoms with van der Waals surface area (Å²) in [7, 11) is 2.12. The molecule has 3 aromatic rings. The smallest absolute Gasteiger partial charge is 0.143 e. The van der Waals surface area contributed by atoms with Crippen LogP contribution in [0.4, 0.5) is 5.69 Å². The molecule has 1 unspecified atom stereocenters. The molecule has 0 radical (unpaired) electrons. The number of anilines is 1. The van der Waals surface area contributed by atoms with Gasteiger partial charge in [0.1, 0.15) is 5.75 Å². The zero-order chi connectivity index (χ0) is 18.4. The number of H-pyrrole nitrogens is 1. The minimum atomic E-state index is 0.239. The third-order valence-corrected chi connectivity index (χ3v) is 5.81. The second-order valence-corrected chi connectivity index (χ2v) is 7.57. The van der Waals surface area contributed by atoms with Crippen molar-refractivity contribution in [2.75, 3.05) is 44.8 Å². The largest absolute Gasteiger partial charge is 0.505 e. The Morgan fingerprint density at radius 2 is 2.04 bits per heavy atom. The Morgan fingerprint density at radius 1 is 1.19 bits per heavy atom. The van der Waals surface area contributed by atoms with Crippen LogP contribution in [-0.2, 0) is 11.3 Å². The van der Waals surface area contributed by atoms with E-state index in [9.17, 15) is 5.11 Å². The molecule has 2 aliphatic heterocycles. The maximum atomic E-state index is 11.1. The molecule has 6 heteroatoms. The quantitative estimate of drug-likeness (QED) is 0.732. The van der Waals surface area contributed by atoms with Gasteiger partial charge in [0.05, 0.1) is 30.6 Å². The first-order valence-corrected chi connectivity index (χ1v) is 9.50. The summed E-state index contributed by atoms with van der Waals surface area (Å²) in [6.07, 6.45) is 1.87. The predicted molar refractivity (Wildman–Crippen MR) is 105 cm³/mol. The number of aromatic nitrogens is 2. The number of aromatic amines is 1. The highest BCUT2D eigenvalue weighted by Crippen LogP contribution is 2.42. The highest BCUT2D eigenvalue weighted by Gasteiger charge is 2.29. The van der Waals surface area contributed by atoms with Gasteiger partial charge in [0.25, 0.3) is 0 Å². The van der Waals surface area contributed by atoms with Gasteiger partial charge in [0, 0.05) is 43.0 Å². The van der Waals surface area contributed by atoms with Gasteiger partial charge in [0.2, 0.25) is 0 Å². The number of hydrogen-bond acceptors (Lipinski definition) is 5. The molecular weight excluding hydrogens is 340 g/mol. The molecule has 3 heterocycles. The summed E-state index contributed by atoms with van der Waals surface area (Å²) >= 11 is 0. The number of phenols is 1. The molecule has 0 amide bonds. The summed E-state index contributed by atoms with van der Waals surface area (Å²) in [5, 5.41) is 19.4. The minimum absolute atomic E-state index is 0.239. The fourth-order valence-corrected chi connectivity index (χ4v) is 4.40. The van der Waals surface area contributed by atoms with Gasteiger partial charge < -0.3 is 19.6 Å². The fourth-order valence-electron chi connectivity index (χ4n) is 4.40. The lowest BCUT2D eigenvalue weighted by Crippen LogP contribution is -2.37. The van der Waals surface area contributed by atoms with Crippen molar-refractivity contribution in [1.82, 2.24) is 15.1 Å². The second kappa shape index (κ2) is 6.55. The van der Waals surface area contributed by atoms with E-state index in [1.54, 1.807) is 0 Å². The van der Waals surface area contributed by atoms with Crippen LogP contribution in [0.25, 0.3) is 10.9 Å². The van der Waals surface area contributed by atoms with Crippen molar-refractivity contribution >= 4 is 16.6 Å². The summed E-state index contributed by atoms with van der Waals surface area (Å²) in [5.41, 5.74) is 5.51. The van der Waals surface area contributed by atoms with E-state index in [2.05, 4.69) is 57.4 Å². The van der Waals surface area contributed by atoms with E-state index in [4.69, 9.17) is 4.74 Å². The van der Waals surface area contributed by atoms with Crippen molar-refractivity contribution < 1.29 is 9.84 Å². The van der Waals surface area contributed by atoms with Gasteiger partial charge in [0.15, 0.2) is 0 Å². The van der Waals surface area contributed by atoms with Gasteiger partial charge in [-0.15, -0.1) is 0 Å². The van der Waals surface area contributed by atoms with E-state index in [0.717, 1.165) is 48.3 Å². The third-order valence-electron chi connectivity index (χ3n) is 5.81. The second-order valence-electron chi connectivity index (χ2n) is 7.57. The van der Waals surface area contributed by atoms with Gasteiger partial charge in [-0.1, -0.05) is 12.1 Å². The number of ether oxygens (including phenoxy) is 1. The van der Waals surface area contributed by atoms with Gasteiger partial charge in [-0.2, -0.15) is 5.10 Å². The Kier molecular flexibility index (Phi) is 4.02. The summed E-state index contributed by atoms with van der Waals surface area (Å²) in [4.78, 5) is 4.51. The molecule has 1 fully saturated rings. The number of hydrogen-bond donors (Lipinski definition) is 2. The zero-order valence-corrected chi connectivity index (χ0v) is 15.5. The summed E-state index contributed by atoms with van der Waals surface area (Å²) in [5.74, 6) is 0.665. The lowest BCUT2D eigenvalue weighted by Gasteiger charge is -2.36. The Hall–Kier alpha value is -2.57. The van der Waals surface area contributed by atoms with Crippen LogP contribution in [-0.4, -0.2) is 60.1 Å². The number of morpholine rings is 1. The van der Waals surface area contributed by atoms with Crippen LogP contribution in [0.2, 0.25) is 0 Å². The number of benzene rings is 2. The molecular formula is C21H24N4O2. The van der Waals surface area contributed by atoms with Crippen LogP contribution in [0.1, 0.15) is 22.6 Å². The Bertz CT molecular complexity index is 977. The number of fused-ring (bicyclic) bond motifs is 2. The van der Waals surface area contributed by atoms with Crippen LogP contribution >= 0.6 is 0 Å². The molecule has 2 N–H and O–H groups in total. The highest BCUT2D eigenvalue weighted by molar-refractivity contribution is 5.79. The van der Waals surface area contributed by atoms with Crippen LogP contribution in [0, 0.1) is 0 Å². The third kappa shape index (κ3) is 2.85. The first-order chi connectivity index (χ1) is 13.2. The van der Waals surface area contributed by atoms with E-state index in [0.29, 0.717) is 19.0 Å². The molecule has 2 aliphatic rings. The summed E-state index contributed by atoms with van der Waals surface area (Å²) in [6, 6.07) is 10.7. The molecule has 1 aromatic heterocycles. The molecule has 0 saturated carbocycles. The Balaban J connectivity index is 1.57. The number of nitrogens with one attached hydrogen (secondary N) is 1. The van der Waals surface area contributed by atoms with Gasteiger partial charge in [-0.05, 0) is 36.4 Å². The van der Waals surface area contributed by atoms with Crippen LogP contribution in [0.5, 0.6) is 5.75 Å². The fraction of sp³-hybridized carbons (Fsp3) is 0.381. The number of rotatable bonds is 2. The zero-order valence-electron chi connectivity index (χ0n) is 15.5. The van der Waals surface area contributed by atoms with Crippen molar-refractivity contribution in [2.45, 2.75) is 12.5 Å². The molecule has 27 heavy (non-hydrogen) atoms. The van der Waals surface area contributed by atoms with Crippen molar-refractivity contribution in [1.29, 1.82) is 0 Å². The average Bonchev–Trinajstić information content (AvgIpc) is 3.17. The molecule has 5 rings (SSSR count). The maximum Gasteiger partial charge on any atom is 0.143 e. The molecule has 1 atom stereocenters. The monoisotopic (exact) mass is 364 g/mol. The molecule has 0 spiro atoms. The van der Waals surface area contributed by atoms with Gasteiger partial charge in [-0.3, -0.25) is 5.10 Å². The molecule has 6 nitrogen and oxygen atoms in total. The van der Waals surface area contributed by atoms with Crippen molar-refractivity contribution in [3.8, 4) is 5.75 Å². The van der Waals surface area contributed by atoms with Crippen LogP contribution in [0.3, 0.4) is 0 Å². The molecule has 1 saturated heterocycles. The molecule has 0 aliphatic carbocycles. The summed E-state index contributed by atoms with van der Waals surface area (Å²) in [6.45, 7) is 4.77. The van der Waals surface area contributed by atoms with E-state index < -0.39 is 0 Å². The molecule has 0 bridgehead atoms. The highest BCUT2D eigenvalue weighted by atomic mass is 16.5. The number of aromatic hydroxyl groups is 1. The maximum absolute atomic E-state index is 11.1. The molecule has 140 valence electrons. The lowest BCUT2D eigenvalue weighted by molar-refractivity contribution is 0.122. The summed E-state index contributed by atoms with van der Waals surface area (Å²) < 4.78 is 5.45. The van der Waals surface area contributed by atoms with E-state index in [1.165, 1.54) is 11.1 Å². The first kappa shape index (κ1) is 16.6. The van der Waals surface area contributed by atoms with E-state index >= 15 is 0 Å². The predicted octanol–water partition coefficient (Wildman–Crippen LogP) is 2.68. The van der Waals surface area contributed by atoms with Crippen molar-refractivity contribution in [3.05, 3.63) is 53.2 Å². The van der Waals surface area contributed by atoms with E-state index in [1.807, 2.05) is 6.20 Å². The topological polar surface area (TPSA) is 64.6 Å². The first-order valence-electron chi connectivity index (χ1n) is 9.50. The van der Waals surface area contributed by atoms with Crippen LogP contribution in [0.15, 0.2) is 36.5 Å². The number of nitrogens with zero attached hydrogens (tertiary/aromatic N) is 3. The lowest BCUT2D eigenvalue weighted by atomic mass is 9.83. The van der Waals surface area contributed by atoms with Crippen LogP contribution < -0.4 is 4.90 Å². The van der Waals surface area contributed by atoms with Crippen molar-refractivity contribution in [2.24, 2.45) is 0 Å². The van der Waals surface area contributed by atoms with Crippen molar-refractivity contribution in [3.63, 3.8) is 0 Å². The minimum Gasteiger partial charge on any atom is -0.505 e. The normalized spacial score (nSPS) is 20.8. The number of likely N-dealkylation sites (N-methyl/N-ethyl adjacent to an activating group) is 1. The average molecular weight is 364 g/mol. The Labute approximate surface area is 158 Å². The molecule has 2 aromatic carbocycles. The Morgan fingerprint density at radius 3 is 2.89 bits per heavy atom. The standard InChI is InChI=1S/C21H24N4O2/c1-24-12-17(14-2-4-19-15(10-14)11-22-23-19)16-3-5-20(21(26)18(16)13-24)25-6-8-27-9-7-25/h2-5,10-11,17,26H,6-9,12-13H2,1H3,(H,22,23). The van der Waals surface area contributed by atoms with E-state index in [-0.39, 0.29) is 5.92 Å². The number of phenolic OH excluding ortho intramolecular Hbond substituents is 1.